The number of imidazole rings is 1. The minimum Gasteiger partial charge on any atom is -0.497 e. The topological polar surface area (TPSA) is 26.5 Å². The molecule has 0 amide bonds. The van der Waals surface area contributed by atoms with Gasteiger partial charge in [-0.15, -0.1) is 0 Å². The fraction of sp³-hybridized carbons (Fsp3) is 0.129. The largest absolute Gasteiger partial charge is 0.497 e. The second kappa shape index (κ2) is 7.74. The molecule has 0 aliphatic heterocycles. The number of hydrogen-bond donors (Lipinski definition) is 0. The van der Waals surface area contributed by atoms with Crippen LogP contribution in [0.2, 0.25) is 0 Å². The predicted molar refractivity (Wildman–Crippen MR) is 142 cm³/mol. The lowest BCUT2D eigenvalue weighted by Crippen LogP contribution is -1.96. The molecule has 0 aliphatic carbocycles. The molecule has 3 nitrogen and oxygen atoms in total. The minimum atomic E-state index is 0.845. The maximum Gasteiger partial charge on any atom is 0.145 e. The monoisotopic (exact) mass is 442 g/mol. The molecule has 0 saturated heterocycles. The Morgan fingerprint density at radius 2 is 1.50 bits per heavy atom. The molecule has 2 heterocycles. The quantitative estimate of drug-likeness (QED) is 0.260. The highest BCUT2D eigenvalue weighted by Gasteiger charge is 2.18. The summed E-state index contributed by atoms with van der Waals surface area (Å²) >= 11 is 0. The third kappa shape index (κ3) is 3.08. The van der Waals surface area contributed by atoms with E-state index in [1.165, 1.54) is 44.1 Å². The van der Waals surface area contributed by atoms with Gasteiger partial charge in [-0.05, 0) is 73.4 Å². The second-order valence-corrected chi connectivity index (χ2v) is 9.07. The van der Waals surface area contributed by atoms with Gasteiger partial charge >= 0.3 is 0 Å². The van der Waals surface area contributed by atoms with Gasteiger partial charge in [0.25, 0.3) is 0 Å². The average Bonchev–Trinajstić information content (AvgIpc) is 3.29. The van der Waals surface area contributed by atoms with Crippen molar-refractivity contribution in [2.75, 3.05) is 7.11 Å². The highest BCUT2D eigenvalue weighted by Crippen LogP contribution is 2.39. The van der Waals surface area contributed by atoms with Crippen LogP contribution in [-0.4, -0.2) is 16.5 Å². The van der Waals surface area contributed by atoms with Crippen molar-refractivity contribution >= 4 is 27.3 Å². The van der Waals surface area contributed by atoms with Crippen molar-refractivity contribution in [1.29, 1.82) is 0 Å². The first-order valence-electron chi connectivity index (χ1n) is 11.6. The number of aromatic nitrogens is 2. The van der Waals surface area contributed by atoms with Gasteiger partial charge in [0.15, 0.2) is 0 Å². The Morgan fingerprint density at radius 1 is 0.735 bits per heavy atom. The van der Waals surface area contributed by atoms with E-state index in [0.29, 0.717) is 0 Å². The number of pyridine rings is 1. The Kier molecular flexibility index (Phi) is 4.66. The van der Waals surface area contributed by atoms with E-state index in [1.54, 1.807) is 7.11 Å². The van der Waals surface area contributed by atoms with Crippen LogP contribution in [0.5, 0.6) is 5.75 Å². The summed E-state index contributed by atoms with van der Waals surface area (Å²) in [6.45, 7) is 6.56. The van der Waals surface area contributed by atoms with Gasteiger partial charge in [-0.1, -0.05) is 54.1 Å². The molecule has 0 bridgehead atoms. The van der Waals surface area contributed by atoms with Gasteiger partial charge in [0.1, 0.15) is 11.4 Å². The highest BCUT2D eigenvalue weighted by atomic mass is 16.5. The number of nitrogens with zero attached hydrogens (tertiary/aromatic N) is 2. The summed E-state index contributed by atoms with van der Waals surface area (Å²) in [7, 11) is 1.69. The normalized spacial score (nSPS) is 11.5. The minimum absolute atomic E-state index is 0.845. The zero-order chi connectivity index (χ0) is 23.4. The third-order valence-electron chi connectivity index (χ3n) is 6.79. The molecule has 6 aromatic rings. The molecule has 2 aromatic heterocycles. The fourth-order valence-electron chi connectivity index (χ4n) is 5.24. The summed E-state index contributed by atoms with van der Waals surface area (Å²) in [5, 5.41) is 3.69. The molecule has 34 heavy (non-hydrogen) atoms. The maximum atomic E-state index is 5.35. The van der Waals surface area contributed by atoms with Gasteiger partial charge in [-0.2, -0.15) is 0 Å². The van der Waals surface area contributed by atoms with E-state index in [1.807, 2.05) is 12.1 Å². The number of fused-ring (bicyclic) bond motifs is 6. The molecular formula is C31H26N2O. The first-order chi connectivity index (χ1) is 16.5. The van der Waals surface area contributed by atoms with Crippen molar-refractivity contribution in [2.45, 2.75) is 20.8 Å². The van der Waals surface area contributed by atoms with Crippen LogP contribution in [0.15, 0.2) is 85.1 Å². The molecule has 0 unspecified atom stereocenters. The SMILES string of the molecule is COc1ccc(-c2cn3c(n2)c2cccc(-c4ccccc4C)c2c2cc(C)cc(C)c23)cc1. The fourth-order valence-corrected chi connectivity index (χ4v) is 5.24. The second-order valence-electron chi connectivity index (χ2n) is 9.07. The van der Waals surface area contributed by atoms with Crippen LogP contribution in [0, 0.1) is 20.8 Å². The molecule has 6 rings (SSSR count). The number of benzene rings is 4. The van der Waals surface area contributed by atoms with Gasteiger partial charge in [0, 0.05) is 27.9 Å². The zero-order valence-electron chi connectivity index (χ0n) is 19.9. The molecule has 0 atom stereocenters. The number of methoxy groups -OCH3 is 1. The smallest absolute Gasteiger partial charge is 0.145 e. The van der Waals surface area contributed by atoms with Crippen LogP contribution in [0.4, 0.5) is 0 Å². The molecule has 0 aliphatic rings. The summed E-state index contributed by atoms with van der Waals surface area (Å²) in [5.74, 6) is 0.845. The van der Waals surface area contributed by atoms with Crippen LogP contribution in [-0.2, 0) is 0 Å². The number of ether oxygens (including phenoxy) is 1. The van der Waals surface area contributed by atoms with Gasteiger partial charge in [0.2, 0.25) is 0 Å². The van der Waals surface area contributed by atoms with Gasteiger partial charge in [-0.3, -0.25) is 4.40 Å². The van der Waals surface area contributed by atoms with Crippen LogP contribution in [0.1, 0.15) is 16.7 Å². The lowest BCUT2D eigenvalue weighted by molar-refractivity contribution is 0.415. The number of aryl methyl sites for hydroxylation is 3. The molecule has 3 heteroatoms. The Hall–Kier alpha value is -4.11. The predicted octanol–water partition coefficient (Wildman–Crippen LogP) is 7.91. The van der Waals surface area contributed by atoms with E-state index in [9.17, 15) is 0 Å². The maximum absolute atomic E-state index is 5.35. The molecule has 0 fully saturated rings. The third-order valence-corrected chi connectivity index (χ3v) is 6.79. The molecule has 0 N–H and O–H groups in total. The first kappa shape index (κ1) is 20.5. The van der Waals surface area contributed by atoms with Crippen molar-refractivity contribution in [3.8, 4) is 28.1 Å². The molecule has 166 valence electrons. The van der Waals surface area contributed by atoms with Crippen molar-refractivity contribution < 1.29 is 4.74 Å². The Labute approximate surface area is 199 Å². The van der Waals surface area contributed by atoms with Crippen LogP contribution in [0.25, 0.3) is 49.7 Å². The van der Waals surface area contributed by atoms with E-state index in [4.69, 9.17) is 9.72 Å². The Balaban J connectivity index is 1.77. The lowest BCUT2D eigenvalue weighted by atomic mass is 9.92. The van der Waals surface area contributed by atoms with Gasteiger partial charge in [-0.25, -0.2) is 4.98 Å². The van der Waals surface area contributed by atoms with Crippen molar-refractivity contribution in [3.05, 3.63) is 102 Å². The van der Waals surface area contributed by atoms with E-state index in [-0.39, 0.29) is 0 Å². The van der Waals surface area contributed by atoms with Crippen LogP contribution in [0.3, 0.4) is 0 Å². The zero-order valence-corrected chi connectivity index (χ0v) is 19.9. The average molecular weight is 443 g/mol. The Bertz CT molecular complexity index is 1710. The summed E-state index contributed by atoms with van der Waals surface area (Å²) in [5.41, 5.74) is 10.5. The standard InChI is InChI=1S/C31H26N2O/c1-19-16-21(3)30-27(17-19)29-25(24-9-6-5-8-20(24)2)10-7-11-26(29)31-32-28(18-33(30)31)22-12-14-23(34-4)15-13-22/h5-18H,1-4H3. The lowest BCUT2D eigenvalue weighted by Gasteiger charge is -2.16. The number of rotatable bonds is 3. The first-order valence-corrected chi connectivity index (χ1v) is 11.6. The van der Waals surface area contributed by atoms with Crippen molar-refractivity contribution in [3.63, 3.8) is 0 Å². The van der Waals surface area contributed by atoms with Crippen LogP contribution >= 0.6 is 0 Å². The Morgan fingerprint density at radius 3 is 2.26 bits per heavy atom. The van der Waals surface area contributed by atoms with E-state index < -0.39 is 0 Å². The van der Waals surface area contributed by atoms with Crippen LogP contribution < -0.4 is 4.74 Å². The molecule has 0 radical (unpaired) electrons. The molecule has 0 saturated carbocycles. The van der Waals surface area contributed by atoms with Gasteiger partial charge in [0.05, 0.1) is 18.3 Å². The highest BCUT2D eigenvalue weighted by molar-refractivity contribution is 6.18. The van der Waals surface area contributed by atoms with Crippen molar-refractivity contribution in [2.24, 2.45) is 0 Å². The summed E-state index contributed by atoms with van der Waals surface area (Å²) in [4.78, 5) is 5.16. The van der Waals surface area contributed by atoms with Gasteiger partial charge < -0.3 is 4.74 Å². The molecule has 0 spiro atoms. The van der Waals surface area contributed by atoms with Crippen molar-refractivity contribution in [1.82, 2.24) is 9.38 Å². The van der Waals surface area contributed by atoms with E-state index >= 15 is 0 Å². The van der Waals surface area contributed by atoms with E-state index in [0.717, 1.165) is 28.0 Å². The van der Waals surface area contributed by atoms with E-state index in [2.05, 4.69) is 98.1 Å². The molecule has 4 aromatic carbocycles. The summed E-state index contributed by atoms with van der Waals surface area (Å²) in [6, 6.07) is 27.9. The molecular weight excluding hydrogens is 416 g/mol. The number of hydrogen-bond acceptors (Lipinski definition) is 2. The summed E-state index contributed by atoms with van der Waals surface area (Å²) < 4.78 is 7.62. The summed E-state index contributed by atoms with van der Waals surface area (Å²) in [6.07, 6.45) is 2.17.